The van der Waals surface area contributed by atoms with Crippen molar-refractivity contribution in [1.29, 1.82) is 0 Å². The second-order valence-corrected chi connectivity index (χ2v) is 8.51. The van der Waals surface area contributed by atoms with Gasteiger partial charge < -0.3 is 5.32 Å². The van der Waals surface area contributed by atoms with Gasteiger partial charge in [0.1, 0.15) is 4.38 Å². The molecule has 0 spiro atoms. The van der Waals surface area contributed by atoms with E-state index >= 15 is 0 Å². The number of carbonyl (C=O) groups excluding carboxylic acids is 2. The Bertz CT molecular complexity index is 729. The van der Waals surface area contributed by atoms with Gasteiger partial charge in [0.25, 0.3) is 10.0 Å². The Balaban J connectivity index is 1.91. The van der Waals surface area contributed by atoms with E-state index in [0.29, 0.717) is 5.69 Å². The fourth-order valence-electron chi connectivity index (χ4n) is 1.69. The highest BCUT2D eigenvalue weighted by atomic mass is 32.2. The molecule has 0 saturated carbocycles. The predicted molar refractivity (Wildman–Crippen MR) is 93.3 cm³/mol. The summed E-state index contributed by atoms with van der Waals surface area (Å²) >= 11 is 3.02. The van der Waals surface area contributed by atoms with Crippen LogP contribution in [0.25, 0.3) is 0 Å². The van der Waals surface area contributed by atoms with Crippen LogP contribution in [0.5, 0.6) is 0 Å². The van der Waals surface area contributed by atoms with Gasteiger partial charge in [0, 0.05) is 18.4 Å². The van der Waals surface area contributed by atoms with Gasteiger partial charge in [0.2, 0.25) is 11.8 Å². The summed E-state index contributed by atoms with van der Waals surface area (Å²) in [6.45, 7) is 1.91. The van der Waals surface area contributed by atoms with E-state index in [9.17, 15) is 18.0 Å². The van der Waals surface area contributed by atoms with E-state index in [2.05, 4.69) is 10.3 Å². The quantitative estimate of drug-likeness (QED) is 0.806. The summed E-state index contributed by atoms with van der Waals surface area (Å²) in [5, 5.41) is 2.68. The molecule has 1 heterocycles. The lowest BCUT2D eigenvalue weighted by Gasteiger charge is -2.07. The van der Waals surface area contributed by atoms with Crippen molar-refractivity contribution in [3.63, 3.8) is 0 Å². The lowest BCUT2D eigenvalue weighted by Crippen LogP contribution is -2.28. The van der Waals surface area contributed by atoms with E-state index in [0.717, 1.165) is 23.6 Å². The number of thioether (sulfide) groups is 2. The molecule has 1 aromatic rings. The second-order valence-electron chi connectivity index (χ2n) is 4.52. The van der Waals surface area contributed by atoms with Crippen LogP contribution in [0.15, 0.2) is 34.2 Å². The summed E-state index contributed by atoms with van der Waals surface area (Å²) in [4.78, 5) is 26.9. The highest BCUT2D eigenvalue weighted by Crippen LogP contribution is 2.22. The molecule has 0 aliphatic carbocycles. The first-order valence-electron chi connectivity index (χ1n) is 6.60. The molecule has 1 aliphatic rings. The third-order valence-corrected chi connectivity index (χ3v) is 6.31. The van der Waals surface area contributed by atoms with E-state index in [1.165, 1.54) is 36.0 Å². The summed E-state index contributed by atoms with van der Waals surface area (Å²) in [5.41, 5.74) is 0.485. The zero-order valence-electron chi connectivity index (χ0n) is 12.2. The highest BCUT2D eigenvalue weighted by molar-refractivity contribution is 8.39. The first-order valence-corrected chi connectivity index (χ1v) is 10.1. The molecule has 0 aromatic heterocycles. The first kappa shape index (κ1) is 17.8. The number of rotatable bonds is 5. The van der Waals surface area contributed by atoms with E-state index in [1.807, 2.05) is 4.72 Å². The zero-order valence-corrected chi connectivity index (χ0v) is 14.7. The van der Waals surface area contributed by atoms with E-state index in [-0.39, 0.29) is 16.6 Å². The molecule has 2 rings (SSSR count). The summed E-state index contributed by atoms with van der Waals surface area (Å²) in [5.74, 6) is 0.348. The summed E-state index contributed by atoms with van der Waals surface area (Å²) in [6.07, 6.45) is 0. The van der Waals surface area contributed by atoms with Gasteiger partial charge in [-0.15, -0.1) is 0 Å². The Kier molecular flexibility index (Phi) is 6.08. The van der Waals surface area contributed by atoms with Gasteiger partial charge in [-0.05, 0) is 24.3 Å². The zero-order chi connectivity index (χ0) is 16.9. The monoisotopic (exact) mass is 373 g/mol. The average molecular weight is 373 g/mol. The molecule has 0 radical (unpaired) electrons. The van der Waals surface area contributed by atoms with E-state index in [4.69, 9.17) is 0 Å². The molecule has 2 amide bonds. The van der Waals surface area contributed by atoms with Gasteiger partial charge in [-0.25, -0.2) is 13.1 Å². The van der Waals surface area contributed by atoms with Gasteiger partial charge >= 0.3 is 0 Å². The number of aliphatic imine (C=N–C) groups is 1. The smallest absolute Gasteiger partial charge is 0.264 e. The largest absolute Gasteiger partial charge is 0.325 e. The molecule has 0 atom stereocenters. The summed E-state index contributed by atoms with van der Waals surface area (Å²) < 4.78 is 26.4. The number of benzene rings is 1. The number of amides is 2. The number of nitrogens with zero attached hydrogens (tertiary/aromatic N) is 1. The lowest BCUT2D eigenvalue weighted by molar-refractivity contribution is -0.117. The molecule has 0 fully saturated rings. The first-order chi connectivity index (χ1) is 10.9. The van der Waals surface area contributed by atoms with Gasteiger partial charge in [-0.2, -0.15) is 0 Å². The molecule has 1 aliphatic heterocycles. The van der Waals surface area contributed by atoms with E-state index < -0.39 is 15.9 Å². The van der Waals surface area contributed by atoms with Crippen LogP contribution in [0.2, 0.25) is 0 Å². The van der Waals surface area contributed by atoms with Crippen molar-refractivity contribution in [2.24, 2.45) is 4.99 Å². The van der Waals surface area contributed by atoms with Crippen LogP contribution in [0.4, 0.5) is 5.69 Å². The number of nitrogens with one attached hydrogen (secondary N) is 2. The Labute approximate surface area is 142 Å². The van der Waals surface area contributed by atoms with Crippen molar-refractivity contribution in [2.75, 3.05) is 23.4 Å². The van der Waals surface area contributed by atoms with Gasteiger partial charge in [0.15, 0.2) is 0 Å². The van der Waals surface area contributed by atoms with Crippen molar-refractivity contribution in [3.05, 3.63) is 24.3 Å². The van der Waals surface area contributed by atoms with Crippen LogP contribution < -0.4 is 10.0 Å². The van der Waals surface area contributed by atoms with Gasteiger partial charge in [-0.1, -0.05) is 23.5 Å². The summed E-state index contributed by atoms with van der Waals surface area (Å²) in [7, 11) is -3.86. The Morgan fingerprint density at radius 3 is 2.57 bits per heavy atom. The van der Waals surface area contributed by atoms with Crippen LogP contribution in [-0.4, -0.2) is 42.7 Å². The van der Waals surface area contributed by atoms with Crippen LogP contribution in [0.1, 0.15) is 6.92 Å². The molecule has 0 saturated heterocycles. The van der Waals surface area contributed by atoms with Crippen LogP contribution in [0, 0.1) is 0 Å². The molecule has 124 valence electrons. The van der Waals surface area contributed by atoms with Gasteiger partial charge in [0.05, 0.1) is 17.2 Å². The minimum absolute atomic E-state index is 0.0446. The fourth-order valence-corrected chi connectivity index (χ4v) is 4.49. The molecule has 1 aromatic carbocycles. The van der Waals surface area contributed by atoms with Crippen LogP contribution in [0.3, 0.4) is 0 Å². The topological polar surface area (TPSA) is 105 Å². The van der Waals surface area contributed by atoms with Crippen LogP contribution in [-0.2, 0) is 19.6 Å². The number of carbonyl (C=O) groups is 2. The molecule has 23 heavy (non-hydrogen) atoms. The second kappa shape index (κ2) is 7.84. The number of anilines is 1. The van der Waals surface area contributed by atoms with Crippen molar-refractivity contribution in [2.45, 2.75) is 11.8 Å². The molecule has 7 nitrogen and oxygen atoms in total. The molecule has 0 bridgehead atoms. The Hall–Kier alpha value is -1.52. The third kappa shape index (κ3) is 5.56. The fraction of sp³-hybridized carbons (Fsp3) is 0.308. The molecule has 10 heteroatoms. The lowest BCUT2D eigenvalue weighted by atomic mass is 10.3. The molecular weight excluding hydrogens is 358 g/mol. The third-order valence-electron chi connectivity index (χ3n) is 2.61. The number of hydrogen-bond donors (Lipinski definition) is 2. The maximum atomic E-state index is 11.8. The maximum absolute atomic E-state index is 11.8. The molecule has 0 unspecified atom stereocenters. The van der Waals surface area contributed by atoms with Crippen molar-refractivity contribution in [3.8, 4) is 0 Å². The number of hydrogen-bond acceptors (Lipinski definition) is 7. The average Bonchev–Trinajstić information content (AvgIpc) is 2.97. The molecular formula is C13H15N3O4S3. The Morgan fingerprint density at radius 1 is 1.30 bits per heavy atom. The normalized spacial score (nSPS) is 14.2. The maximum Gasteiger partial charge on any atom is 0.264 e. The van der Waals surface area contributed by atoms with E-state index in [1.54, 1.807) is 11.8 Å². The minimum atomic E-state index is -3.86. The Morgan fingerprint density at radius 2 is 2.00 bits per heavy atom. The number of sulfonamides is 1. The predicted octanol–water partition coefficient (Wildman–Crippen LogP) is 1.29. The van der Waals surface area contributed by atoms with Crippen LogP contribution >= 0.6 is 23.5 Å². The highest BCUT2D eigenvalue weighted by Gasteiger charge is 2.15. The van der Waals surface area contributed by atoms with Crippen molar-refractivity contribution in [1.82, 2.24) is 4.72 Å². The summed E-state index contributed by atoms with van der Waals surface area (Å²) in [6, 6.07) is 5.59. The standard InChI is InChI=1S/C13H15N3O4S3/c1-9(17)16-23(19,20)11-4-2-10(3-5-11)15-12(18)8-22-13-14-6-7-21-13/h2-5H,6-8H2,1H3,(H,15,18)(H,16,17). The van der Waals surface area contributed by atoms with Crippen molar-refractivity contribution >= 4 is 55.4 Å². The molecule has 2 N–H and O–H groups in total. The van der Waals surface area contributed by atoms with Gasteiger partial charge in [-0.3, -0.25) is 14.6 Å². The van der Waals surface area contributed by atoms with Crippen molar-refractivity contribution < 1.29 is 18.0 Å². The SMILES string of the molecule is CC(=O)NS(=O)(=O)c1ccc(NC(=O)CSC2=NCCS2)cc1. The minimum Gasteiger partial charge on any atom is -0.325 e.